The van der Waals surface area contributed by atoms with E-state index in [0.717, 1.165) is 42.7 Å². The smallest absolute Gasteiger partial charge is 0.275 e. The number of piperazine rings is 1. The number of carbonyl (C=O) groups is 1. The molecule has 1 amide bonds. The Balaban J connectivity index is 1.41. The number of rotatable bonds is 9. The van der Waals surface area contributed by atoms with Crippen molar-refractivity contribution in [2.24, 2.45) is 0 Å². The minimum absolute atomic E-state index is 0.0326. The molecule has 1 saturated carbocycles. The van der Waals surface area contributed by atoms with Crippen LogP contribution in [0.25, 0.3) is 11.3 Å². The summed E-state index contributed by atoms with van der Waals surface area (Å²) < 4.78 is 35.2. The normalized spacial score (nSPS) is 21.8. The van der Waals surface area contributed by atoms with Crippen LogP contribution in [0.4, 0.5) is 0 Å². The number of ether oxygens (including phenoxy) is 1. The zero-order valence-electron chi connectivity index (χ0n) is 23.3. The third-order valence-electron chi connectivity index (χ3n) is 7.85. The van der Waals surface area contributed by atoms with E-state index in [2.05, 4.69) is 15.0 Å². The van der Waals surface area contributed by atoms with E-state index in [0.29, 0.717) is 38.4 Å². The standard InChI is InChI=1S/C30H39N5O4S/c1-22-12-14-25(15-13-22)39-19-16-24-20-31-17-18-34(24)30(36)28-29(23-8-4-3-5-9-23)35(21-32-28)27-11-7-6-10-26(27)33-40(2,37)38/h3-5,8-9,12-15,21,24,26-27,31,33H,6-7,10-11,16-20H2,1-2H3/t24?,26-,27-/m0/s1. The Labute approximate surface area is 237 Å². The summed E-state index contributed by atoms with van der Waals surface area (Å²) in [5.41, 5.74) is 3.22. The third-order valence-corrected chi connectivity index (χ3v) is 8.58. The lowest BCUT2D eigenvalue weighted by atomic mass is 9.90. The fourth-order valence-corrected chi connectivity index (χ4v) is 6.70. The average Bonchev–Trinajstić information content (AvgIpc) is 3.39. The van der Waals surface area contributed by atoms with Gasteiger partial charge in [-0.25, -0.2) is 18.1 Å². The van der Waals surface area contributed by atoms with Gasteiger partial charge in [-0.1, -0.05) is 60.9 Å². The van der Waals surface area contributed by atoms with Crippen molar-refractivity contribution in [1.29, 1.82) is 0 Å². The molecule has 1 unspecified atom stereocenters. The molecule has 1 aromatic heterocycles. The molecule has 0 bridgehead atoms. The largest absolute Gasteiger partial charge is 0.494 e. The summed E-state index contributed by atoms with van der Waals surface area (Å²) in [6, 6.07) is 17.4. The molecule has 10 heteroatoms. The number of amides is 1. The van der Waals surface area contributed by atoms with Gasteiger partial charge in [0.1, 0.15) is 5.75 Å². The fourth-order valence-electron chi connectivity index (χ4n) is 5.88. The summed E-state index contributed by atoms with van der Waals surface area (Å²) in [7, 11) is -3.39. The van der Waals surface area contributed by atoms with Gasteiger partial charge in [0.05, 0.1) is 30.9 Å². The predicted molar refractivity (Wildman–Crippen MR) is 156 cm³/mol. The first-order valence-corrected chi connectivity index (χ1v) is 16.0. The molecule has 2 fully saturated rings. The maximum Gasteiger partial charge on any atom is 0.275 e. The van der Waals surface area contributed by atoms with Gasteiger partial charge in [-0.15, -0.1) is 0 Å². The second-order valence-corrected chi connectivity index (χ2v) is 12.7. The van der Waals surface area contributed by atoms with Gasteiger partial charge in [-0.2, -0.15) is 0 Å². The molecule has 1 aliphatic heterocycles. The van der Waals surface area contributed by atoms with Crippen molar-refractivity contribution in [3.63, 3.8) is 0 Å². The summed E-state index contributed by atoms with van der Waals surface area (Å²) in [6.45, 7) is 4.53. The van der Waals surface area contributed by atoms with Crippen LogP contribution in [-0.4, -0.2) is 73.4 Å². The van der Waals surface area contributed by atoms with E-state index < -0.39 is 10.0 Å². The first kappa shape index (κ1) is 28.3. The van der Waals surface area contributed by atoms with Crippen molar-refractivity contribution in [2.75, 3.05) is 32.5 Å². The van der Waals surface area contributed by atoms with Gasteiger partial charge in [-0.05, 0) is 31.9 Å². The van der Waals surface area contributed by atoms with Crippen LogP contribution in [0.1, 0.15) is 54.2 Å². The van der Waals surface area contributed by atoms with Gasteiger partial charge in [0.15, 0.2) is 5.69 Å². The van der Waals surface area contributed by atoms with E-state index >= 15 is 0 Å². The van der Waals surface area contributed by atoms with Crippen LogP contribution < -0.4 is 14.8 Å². The Kier molecular flexibility index (Phi) is 8.87. The zero-order chi connectivity index (χ0) is 28.1. The van der Waals surface area contributed by atoms with Crippen molar-refractivity contribution in [3.8, 4) is 17.0 Å². The maximum absolute atomic E-state index is 14.2. The highest BCUT2D eigenvalue weighted by molar-refractivity contribution is 7.88. The van der Waals surface area contributed by atoms with Crippen molar-refractivity contribution < 1.29 is 17.9 Å². The molecule has 1 aliphatic carbocycles. The Hall–Kier alpha value is -3.21. The summed E-state index contributed by atoms with van der Waals surface area (Å²) in [5.74, 6) is 0.713. The third kappa shape index (κ3) is 6.74. The number of aromatic nitrogens is 2. The van der Waals surface area contributed by atoms with Gasteiger partial charge in [0, 0.05) is 43.7 Å². The lowest BCUT2D eigenvalue weighted by molar-refractivity contribution is 0.0601. The van der Waals surface area contributed by atoms with Crippen LogP contribution in [-0.2, 0) is 10.0 Å². The minimum Gasteiger partial charge on any atom is -0.494 e. The number of imidazole rings is 1. The van der Waals surface area contributed by atoms with E-state index in [1.54, 1.807) is 6.33 Å². The van der Waals surface area contributed by atoms with Gasteiger partial charge >= 0.3 is 0 Å². The highest BCUT2D eigenvalue weighted by Crippen LogP contribution is 2.35. The number of hydrogen-bond acceptors (Lipinski definition) is 6. The molecule has 2 N–H and O–H groups in total. The Morgan fingerprint density at radius 1 is 1.10 bits per heavy atom. The highest BCUT2D eigenvalue weighted by Gasteiger charge is 2.35. The Morgan fingerprint density at radius 2 is 1.85 bits per heavy atom. The maximum atomic E-state index is 14.2. The zero-order valence-corrected chi connectivity index (χ0v) is 24.1. The average molecular weight is 566 g/mol. The summed E-state index contributed by atoms with van der Waals surface area (Å²) >= 11 is 0. The van der Waals surface area contributed by atoms with Crippen LogP contribution in [0.15, 0.2) is 60.9 Å². The predicted octanol–water partition coefficient (Wildman–Crippen LogP) is 3.77. The van der Waals surface area contributed by atoms with Crippen LogP contribution in [0.5, 0.6) is 5.75 Å². The van der Waals surface area contributed by atoms with Gasteiger partial charge in [0.25, 0.3) is 5.91 Å². The van der Waals surface area contributed by atoms with E-state index in [1.165, 1.54) is 11.8 Å². The molecular weight excluding hydrogens is 526 g/mol. The fraction of sp³-hybridized carbons (Fsp3) is 0.467. The SMILES string of the molecule is Cc1ccc(OCCC2CNCCN2C(=O)c2ncn([C@H]3CCCC[C@@H]3NS(C)(=O)=O)c2-c2ccccc2)cc1. The molecule has 40 heavy (non-hydrogen) atoms. The lowest BCUT2D eigenvalue weighted by Crippen LogP contribution is -2.54. The first-order chi connectivity index (χ1) is 19.3. The van der Waals surface area contributed by atoms with Gasteiger partial charge in [-0.3, -0.25) is 4.79 Å². The number of nitrogens with one attached hydrogen (secondary N) is 2. The van der Waals surface area contributed by atoms with E-state index in [4.69, 9.17) is 4.74 Å². The number of aryl methyl sites for hydroxylation is 1. The molecule has 9 nitrogen and oxygen atoms in total. The summed E-state index contributed by atoms with van der Waals surface area (Å²) in [5, 5.41) is 3.42. The molecule has 2 aromatic carbocycles. The second-order valence-electron chi connectivity index (χ2n) is 10.9. The van der Waals surface area contributed by atoms with Crippen LogP contribution in [0.2, 0.25) is 0 Å². The Bertz CT molecular complexity index is 1390. The molecule has 5 rings (SSSR count). The molecule has 2 aliphatic rings. The van der Waals surface area contributed by atoms with Crippen LogP contribution >= 0.6 is 0 Å². The van der Waals surface area contributed by atoms with Crippen molar-refractivity contribution in [1.82, 2.24) is 24.5 Å². The van der Waals surface area contributed by atoms with E-state index in [1.807, 2.05) is 71.0 Å². The minimum atomic E-state index is -3.39. The van der Waals surface area contributed by atoms with Crippen molar-refractivity contribution in [2.45, 2.75) is 57.2 Å². The van der Waals surface area contributed by atoms with E-state index in [-0.39, 0.29) is 24.0 Å². The molecule has 2 heterocycles. The van der Waals surface area contributed by atoms with Crippen molar-refractivity contribution >= 4 is 15.9 Å². The molecule has 3 aromatic rings. The van der Waals surface area contributed by atoms with E-state index in [9.17, 15) is 13.2 Å². The molecular formula is C30H39N5O4S. The summed E-state index contributed by atoms with van der Waals surface area (Å²) in [6.07, 6.45) is 7.11. The van der Waals surface area contributed by atoms with Gasteiger partial charge < -0.3 is 19.5 Å². The Morgan fingerprint density at radius 3 is 2.60 bits per heavy atom. The number of hydrogen-bond donors (Lipinski definition) is 2. The molecule has 1 saturated heterocycles. The topological polar surface area (TPSA) is 106 Å². The lowest BCUT2D eigenvalue weighted by Gasteiger charge is -2.36. The molecule has 3 atom stereocenters. The molecule has 214 valence electrons. The highest BCUT2D eigenvalue weighted by atomic mass is 32.2. The monoisotopic (exact) mass is 565 g/mol. The van der Waals surface area contributed by atoms with Crippen LogP contribution in [0, 0.1) is 6.92 Å². The molecule has 0 spiro atoms. The number of carbonyl (C=O) groups excluding carboxylic acids is 1. The second kappa shape index (κ2) is 12.5. The first-order valence-electron chi connectivity index (χ1n) is 14.1. The quantitative estimate of drug-likeness (QED) is 0.409. The van der Waals surface area contributed by atoms with Crippen LogP contribution in [0.3, 0.4) is 0 Å². The summed E-state index contributed by atoms with van der Waals surface area (Å²) in [4.78, 5) is 20.8. The number of sulfonamides is 1. The van der Waals surface area contributed by atoms with Gasteiger partial charge in [0.2, 0.25) is 10.0 Å². The number of nitrogens with zero attached hydrogens (tertiary/aromatic N) is 3. The number of benzene rings is 2. The molecule has 0 radical (unpaired) electrons. The van der Waals surface area contributed by atoms with Crippen molar-refractivity contribution in [3.05, 3.63) is 72.2 Å².